The SMILES string of the molecule is [2H][C@](C)(NC(=O)OC(C)(C)C)c1ccccc1.[C-]#[O+].[C-]#[O+].[C-]#[O+].[Cr]. The van der Waals surface area contributed by atoms with Gasteiger partial charge in [-0.3, -0.25) is 0 Å². The Labute approximate surface area is 149 Å². The fraction of sp³-hybridized carbons (Fsp3) is 0.375. The van der Waals surface area contributed by atoms with E-state index in [0.717, 1.165) is 0 Å². The zero-order chi connectivity index (χ0) is 19.1. The van der Waals surface area contributed by atoms with Crippen LogP contribution in [0.4, 0.5) is 4.79 Å². The number of amides is 1. The van der Waals surface area contributed by atoms with Crippen molar-refractivity contribution in [3.63, 3.8) is 0 Å². The van der Waals surface area contributed by atoms with Crippen molar-refractivity contribution in [1.29, 1.82) is 0 Å². The Kier molecular flexibility index (Phi) is 20.8. The van der Waals surface area contributed by atoms with Gasteiger partial charge in [0, 0.05) is 17.4 Å². The summed E-state index contributed by atoms with van der Waals surface area (Å²) in [5, 5.41) is 2.53. The van der Waals surface area contributed by atoms with Gasteiger partial charge in [0.1, 0.15) is 5.60 Å². The maximum Gasteiger partial charge on any atom is 0 e. The predicted molar refractivity (Wildman–Crippen MR) is 76.0 cm³/mol. The number of hydrogen-bond donors (Lipinski definition) is 1. The molecule has 124 valence electrons. The van der Waals surface area contributed by atoms with E-state index in [2.05, 4.69) is 25.3 Å². The number of rotatable bonds is 2. The van der Waals surface area contributed by atoms with E-state index >= 15 is 0 Å². The fourth-order valence-corrected chi connectivity index (χ4v) is 1.22. The summed E-state index contributed by atoms with van der Waals surface area (Å²) in [5.74, 6) is 0. The van der Waals surface area contributed by atoms with Crippen molar-refractivity contribution >= 4 is 6.09 Å². The van der Waals surface area contributed by atoms with Crippen molar-refractivity contribution in [2.24, 2.45) is 0 Å². The minimum absolute atomic E-state index is 0. The third kappa shape index (κ3) is 18.2. The second-order valence-electron chi connectivity index (χ2n) is 4.62. The summed E-state index contributed by atoms with van der Waals surface area (Å²) in [6.45, 7) is 20.5. The first kappa shape index (κ1) is 26.2. The number of carbonyl (C=O) groups is 1. The molecule has 0 fully saturated rings. The molecule has 0 aliphatic heterocycles. The smallest absolute Gasteiger partial charge is 0 e. The van der Waals surface area contributed by atoms with Crippen molar-refractivity contribution in [3.05, 3.63) is 55.8 Å². The molecule has 6 nitrogen and oxygen atoms in total. The molecule has 1 atom stereocenters. The number of alkyl carbamates (subject to hydrolysis) is 1. The number of benzene rings is 1. The topological polar surface area (TPSA) is 98.0 Å². The number of ether oxygens (including phenoxy) is 1. The van der Waals surface area contributed by atoms with E-state index in [-0.39, 0.29) is 17.4 Å². The molecule has 0 spiro atoms. The molecular formula is C16H19CrNO5. The van der Waals surface area contributed by atoms with Gasteiger partial charge in [0.2, 0.25) is 0 Å². The quantitative estimate of drug-likeness (QED) is 0.649. The molecule has 1 aromatic carbocycles. The minimum atomic E-state index is -1.19. The van der Waals surface area contributed by atoms with Crippen LogP contribution in [0.3, 0.4) is 0 Å². The van der Waals surface area contributed by atoms with Crippen LogP contribution in [0.25, 0.3) is 0 Å². The summed E-state index contributed by atoms with van der Waals surface area (Å²) in [6.07, 6.45) is -0.584. The number of nitrogens with one attached hydrogen (secondary N) is 1. The van der Waals surface area contributed by atoms with Crippen LogP contribution in [0.2, 0.25) is 0 Å². The zero-order valence-corrected chi connectivity index (χ0v) is 14.6. The molecule has 1 amide bonds. The first-order chi connectivity index (χ1) is 10.7. The van der Waals surface area contributed by atoms with Gasteiger partial charge in [-0.15, -0.1) is 0 Å². The van der Waals surface area contributed by atoms with E-state index in [9.17, 15) is 4.79 Å². The van der Waals surface area contributed by atoms with E-state index in [1.165, 1.54) is 0 Å². The third-order valence-corrected chi connectivity index (χ3v) is 1.90. The van der Waals surface area contributed by atoms with Crippen LogP contribution in [0, 0.1) is 20.0 Å². The second-order valence-corrected chi connectivity index (χ2v) is 4.62. The van der Waals surface area contributed by atoms with E-state index in [4.69, 9.17) is 20.1 Å². The van der Waals surface area contributed by atoms with Gasteiger partial charge in [0.15, 0.2) is 0 Å². The van der Waals surface area contributed by atoms with Crippen LogP contribution >= 0.6 is 0 Å². The first-order valence-corrected chi connectivity index (χ1v) is 5.89. The maximum atomic E-state index is 11.6. The normalized spacial score (nSPS) is 11.3. The molecule has 1 N–H and O–H groups in total. The van der Waals surface area contributed by atoms with Gasteiger partial charge >= 0.3 is 40.0 Å². The van der Waals surface area contributed by atoms with Gasteiger partial charge < -0.3 is 10.1 Å². The molecule has 0 heterocycles. The molecule has 0 saturated carbocycles. The average Bonchev–Trinajstić information content (AvgIpc) is 2.52. The van der Waals surface area contributed by atoms with Crippen molar-refractivity contribution in [3.8, 4) is 0 Å². The fourth-order valence-electron chi connectivity index (χ4n) is 1.22. The van der Waals surface area contributed by atoms with Gasteiger partial charge in [0.25, 0.3) is 0 Å². The van der Waals surface area contributed by atoms with Crippen LogP contribution in [0.5, 0.6) is 0 Å². The van der Waals surface area contributed by atoms with Gasteiger partial charge in [-0.05, 0) is 33.3 Å². The van der Waals surface area contributed by atoms with Crippen molar-refractivity contribution in [1.82, 2.24) is 5.32 Å². The molecule has 0 aromatic heterocycles. The van der Waals surface area contributed by atoms with Gasteiger partial charge in [0.05, 0.1) is 7.39 Å². The molecular weight excluding hydrogens is 338 g/mol. The number of hydrogen-bond acceptors (Lipinski definition) is 2. The molecule has 23 heavy (non-hydrogen) atoms. The molecule has 0 unspecified atom stereocenters. The molecule has 0 aliphatic rings. The van der Waals surface area contributed by atoms with Crippen molar-refractivity contribution < 1.29 is 42.2 Å². The standard InChI is InChI=1S/C13H19NO2.3CO.Cr/c1-10(11-8-6-5-7-9-11)14-12(15)16-13(2,3)4;3*1-2;/h5-10H,1-4H3,(H,14,15);;;;/t10-;;;;/m1..../s1/i10D;;;;. The molecule has 7 heteroatoms. The van der Waals surface area contributed by atoms with E-state index < -0.39 is 17.7 Å². The molecule has 1 aromatic rings. The van der Waals surface area contributed by atoms with E-state index in [1.807, 2.05) is 18.2 Å². The van der Waals surface area contributed by atoms with Gasteiger partial charge in [-0.1, -0.05) is 30.3 Å². The Bertz CT molecular complexity index is 492. The van der Waals surface area contributed by atoms with Gasteiger partial charge in [-0.2, -0.15) is 0 Å². The molecule has 1 rings (SSSR count). The summed E-state index contributed by atoms with van der Waals surface area (Å²) < 4.78 is 35.7. The van der Waals surface area contributed by atoms with Crippen molar-refractivity contribution in [2.45, 2.75) is 39.3 Å². The maximum absolute atomic E-state index is 11.6. The summed E-state index contributed by atoms with van der Waals surface area (Å²) in [7, 11) is 0. The minimum Gasteiger partial charge on any atom is 0 e. The molecule has 0 aliphatic carbocycles. The van der Waals surface area contributed by atoms with Crippen LogP contribution in [0.15, 0.2) is 30.3 Å². The Hall–Kier alpha value is -1.76. The Balaban J connectivity index is -0.000000256. The zero-order valence-electron chi connectivity index (χ0n) is 14.3. The van der Waals surface area contributed by atoms with E-state index in [0.29, 0.717) is 5.56 Å². The predicted octanol–water partition coefficient (Wildman–Crippen LogP) is 3.16. The van der Waals surface area contributed by atoms with Crippen LogP contribution < -0.4 is 5.32 Å². The first-order valence-electron chi connectivity index (χ1n) is 6.39. The van der Waals surface area contributed by atoms with E-state index in [1.54, 1.807) is 39.8 Å². The molecule has 0 radical (unpaired) electrons. The third-order valence-electron chi connectivity index (χ3n) is 1.90. The number of carbonyl (C=O) groups excluding carboxylic acids is 1. The molecule has 0 bridgehead atoms. The summed E-state index contributed by atoms with van der Waals surface area (Å²) >= 11 is 0. The Morgan fingerprint density at radius 2 is 1.52 bits per heavy atom. The average molecular weight is 358 g/mol. The summed E-state index contributed by atoms with van der Waals surface area (Å²) in [6, 6.07) is 7.93. The Morgan fingerprint density at radius 1 is 1.13 bits per heavy atom. The largest absolute Gasteiger partial charge is 0 e. The van der Waals surface area contributed by atoms with Crippen LogP contribution in [0.1, 0.15) is 40.6 Å². The van der Waals surface area contributed by atoms with Crippen LogP contribution in [-0.2, 0) is 36.1 Å². The monoisotopic (exact) mass is 358 g/mol. The molecule has 0 saturated heterocycles. The summed E-state index contributed by atoms with van der Waals surface area (Å²) in [4.78, 5) is 11.6. The summed E-state index contributed by atoms with van der Waals surface area (Å²) in [5.41, 5.74) is 0.155. The van der Waals surface area contributed by atoms with Crippen LogP contribution in [-0.4, -0.2) is 11.7 Å². The van der Waals surface area contributed by atoms with Gasteiger partial charge in [-0.25, -0.2) is 4.79 Å². The second kappa shape index (κ2) is 18.3. The Morgan fingerprint density at radius 3 is 1.87 bits per heavy atom. The van der Waals surface area contributed by atoms with Crippen molar-refractivity contribution in [2.75, 3.05) is 0 Å².